The van der Waals surface area contributed by atoms with Crippen LogP contribution in [0.4, 0.5) is 5.82 Å². The van der Waals surface area contributed by atoms with Gasteiger partial charge in [0.2, 0.25) is 11.2 Å². The summed E-state index contributed by atoms with van der Waals surface area (Å²) < 4.78 is 0. The molecule has 3 heterocycles. The number of fused-ring (bicyclic) bond motifs is 1. The number of aromatic nitrogens is 4. The fourth-order valence-electron chi connectivity index (χ4n) is 1.98. The number of carbonyl (C=O) groups excluding carboxylic acids is 1. The molecule has 3 rings (SSSR count). The third-order valence-corrected chi connectivity index (χ3v) is 3.03. The summed E-state index contributed by atoms with van der Waals surface area (Å²) in [5.41, 5.74) is 1.23. The molecule has 1 amide bonds. The standard InChI is InChI=1S/C10H11ClN6O/c11-10-16-8(7-9(17-10)14-4-13-7)12-3-5-1-2-6(18)15-5/h4-5H,1-3H2,(H,15,18)(H2,12,13,14,16,17). The third kappa shape index (κ3) is 2.08. The number of hydrogen-bond donors (Lipinski definition) is 3. The Hall–Kier alpha value is -1.89. The first kappa shape index (κ1) is 11.2. The molecule has 8 heteroatoms. The zero-order valence-electron chi connectivity index (χ0n) is 9.40. The number of nitrogens with zero attached hydrogens (tertiary/aromatic N) is 3. The van der Waals surface area contributed by atoms with Crippen molar-refractivity contribution < 1.29 is 4.79 Å². The maximum atomic E-state index is 11.1. The molecule has 1 atom stereocenters. The summed E-state index contributed by atoms with van der Waals surface area (Å²) in [5, 5.41) is 6.18. The average Bonchev–Trinajstić information content (AvgIpc) is 2.94. The lowest BCUT2D eigenvalue weighted by atomic mass is 10.2. The molecule has 3 N–H and O–H groups in total. The second-order valence-electron chi connectivity index (χ2n) is 4.13. The molecule has 2 aromatic heterocycles. The Morgan fingerprint density at radius 1 is 1.50 bits per heavy atom. The van der Waals surface area contributed by atoms with E-state index in [4.69, 9.17) is 11.6 Å². The van der Waals surface area contributed by atoms with E-state index in [-0.39, 0.29) is 17.2 Å². The number of hydrogen-bond acceptors (Lipinski definition) is 5. The smallest absolute Gasteiger partial charge is 0.226 e. The number of rotatable bonds is 3. The number of nitrogens with one attached hydrogen (secondary N) is 3. The van der Waals surface area contributed by atoms with Crippen LogP contribution in [0.5, 0.6) is 0 Å². The predicted octanol–water partition coefficient (Wildman–Crippen LogP) is 0.697. The Balaban J connectivity index is 1.77. The molecule has 1 aliphatic rings. The highest BCUT2D eigenvalue weighted by molar-refractivity contribution is 6.28. The van der Waals surface area contributed by atoms with E-state index in [2.05, 4.69) is 30.6 Å². The first-order chi connectivity index (χ1) is 8.72. The summed E-state index contributed by atoms with van der Waals surface area (Å²) in [6.07, 6.45) is 2.95. The van der Waals surface area contributed by atoms with Gasteiger partial charge in [0.15, 0.2) is 11.5 Å². The molecule has 1 aliphatic heterocycles. The van der Waals surface area contributed by atoms with Crippen molar-refractivity contribution in [2.24, 2.45) is 0 Å². The molecule has 0 saturated carbocycles. The minimum Gasteiger partial charge on any atom is -0.366 e. The first-order valence-electron chi connectivity index (χ1n) is 5.62. The van der Waals surface area contributed by atoms with E-state index in [1.54, 1.807) is 0 Å². The highest BCUT2D eigenvalue weighted by atomic mass is 35.5. The van der Waals surface area contributed by atoms with Gasteiger partial charge in [-0.25, -0.2) is 4.98 Å². The SMILES string of the molecule is O=C1CCC(CNc2nc(Cl)nc3nc[nH]c23)N1. The monoisotopic (exact) mass is 266 g/mol. The van der Waals surface area contributed by atoms with Crippen molar-refractivity contribution in [3.8, 4) is 0 Å². The summed E-state index contributed by atoms with van der Waals surface area (Å²) in [5.74, 6) is 0.692. The van der Waals surface area contributed by atoms with Crippen molar-refractivity contribution in [1.29, 1.82) is 0 Å². The molecule has 0 bridgehead atoms. The van der Waals surface area contributed by atoms with E-state index in [1.165, 1.54) is 6.33 Å². The van der Waals surface area contributed by atoms with Crippen LogP contribution in [0.25, 0.3) is 11.2 Å². The van der Waals surface area contributed by atoms with Crippen molar-refractivity contribution in [1.82, 2.24) is 25.3 Å². The minimum atomic E-state index is 0.0919. The molecule has 94 valence electrons. The van der Waals surface area contributed by atoms with E-state index in [1.807, 2.05) is 0 Å². The van der Waals surface area contributed by atoms with Crippen molar-refractivity contribution in [3.63, 3.8) is 0 Å². The van der Waals surface area contributed by atoms with Crippen LogP contribution in [-0.2, 0) is 4.79 Å². The lowest BCUT2D eigenvalue weighted by Gasteiger charge is -2.12. The van der Waals surface area contributed by atoms with Gasteiger partial charge in [-0.1, -0.05) is 0 Å². The Kier molecular flexibility index (Phi) is 2.75. The Morgan fingerprint density at radius 2 is 2.39 bits per heavy atom. The number of amides is 1. The maximum absolute atomic E-state index is 11.1. The van der Waals surface area contributed by atoms with Crippen LogP contribution in [-0.4, -0.2) is 38.4 Å². The number of anilines is 1. The van der Waals surface area contributed by atoms with Crippen LogP contribution >= 0.6 is 11.6 Å². The lowest BCUT2D eigenvalue weighted by molar-refractivity contribution is -0.119. The normalized spacial score (nSPS) is 19.2. The fourth-order valence-corrected chi connectivity index (χ4v) is 2.15. The molecule has 1 saturated heterocycles. The number of halogens is 1. The Bertz CT molecular complexity index is 597. The predicted molar refractivity (Wildman–Crippen MR) is 66.3 cm³/mol. The first-order valence-corrected chi connectivity index (χ1v) is 6.00. The molecule has 7 nitrogen and oxygen atoms in total. The van der Waals surface area contributed by atoms with Crippen molar-refractivity contribution in [2.75, 3.05) is 11.9 Å². The summed E-state index contributed by atoms with van der Waals surface area (Å²) in [7, 11) is 0. The maximum Gasteiger partial charge on any atom is 0.226 e. The topological polar surface area (TPSA) is 95.6 Å². The van der Waals surface area contributed by atoms with Crippen LogP contribution in [0, 0.1) is 0 Å². The van der Waals surface area contributed by atoms with Crippen LogP contribution in [0.2, 0.25) is 5.28 Å². The van der Waals surface area contributed by atoms with Gasteiger partial charge in [0.05, 0.1) is 6.33 Å². The molecular formula is C10H11ClN6O. The minimum absolute atomic E-state index is 0.0919. The van der Waals surface area contributed by atoms with E-state index in [0.29, 0.717) is 29.9 Å². The van der Waals surface area contributed by atoms with Gasteiger partial charge in [0.1, 0.15) is 5.52 Å². The molecule has 2 aromatic rings. The molecule has 0 spiro atoms. The van der Waals surface area contributed by atoms with Gasteiger partial charge >= 0.3 is 0 Å². The lowest BCUT2D eigenvalue weighted by Crippen LogP contribution is -2.32. The zero-order valence-corrected chi connectivity index (χ0v) is 10.2. The number of carbonyl (C=O) groups is 1. The highest BCUT2D eigenvalue weighted by Crippen LogP contribution is 2.19. The van der Waals surface area contributed by atoms with Gasteiger partial charge in [-0.05, 0) is 18.0 Å². The molecule has 18 heavy (non-hydrogen) atoms. The average molecular weight is 267 g/mol. The third-order valence-electron chi connectivity index (χ3n) is 2.86. The van der Waals surface area contributed by atoms with E-state index in [0.717, 1.165) is 6.42 Å². The number of H-pyrrole nitrogens is 1. The second-order valence-corrected chi connectivity index (χ2v) is 4.46. The zero-order chi connectivity index (χ0) is 12.5. The van der Waals surface area contributed by atoms with Crippen LogP contribution in [0.3, 0.4) is 0 Å². The molecular weight excluding hydrogens is 256 g/mol. The van der Waals surface area contributed by atoms with Crippen LogP contribution < -0.4 is 10.6 Å². The van der Waals surface area contributed by atoms with Gasteiger partial charge in [0, 0.05) is 19.0 Å². The van der Waals surface area contributed by atoms with E-state index in [9.17, 15) is 4.79 Å². The molecule has 1 fully saturated rings. The van der Waals surface area contributed by atoms with Crippen molar-refractivity contribution >= 4 is 34.5 Å². The molecule has 0 aliphatic carbocycles. The van der Waals surface area contributed by atoms with Gasteiger partial charge < -0.3 is 15.6 Å². The number of imidazole rings is 1. The summed E-state index contributed by atoms with van der Waals surface area (Å²) in [6.45, 7) is 0.604. The molecule has 0 aromatic carbocycles. The highest BCUT2D eigenvalue weighted by Gasteiger charge is 2.20. The largest absolute Gasteiger partial charge is 0.366 e. The summed E-state index contributed by atoms with van der Waals surface area (Å²) in [4.78, 5) is 26.2. The fraction of sp³-hybridized carbons (Fsp3) is 0.400. The number of aromatic amines is 1. The Labute approximate surface area is 107 Å². The van der Waals surface area contributed by atoms with Crippen molar-refractivity contribution in [2.45, 2.75) is 18.9 Å². The quantitative estimate of drug-likeness (QED) is 0.711. The molecule has 0 radical (unpaired) electrons. The van der Waals surface area contributed by atoms with Gasteiger partial charge in [-0.15, -0.1) is 0 Å². The van der Waals surface area contributed by atoms with Gasteiger partial charge in [0.25, 0.3) is 0 Å². The van der Waals surface area contributed by atoms with Crippen LogP contribution in [0.15, 0.2) is 6.33 Å². The summed E-state index contributed by atoms with van der Waals surface area (Å²) >= 11 is 5.81. The Morgan fingerprint density at radius 3 is 3.17 bits per heavy atom. The van der Waals surface area contributed by atoms with Gasteiger partial charge in [-0.3, -0.25) is 4.79 Å². The van der Waals surface area contributed by atoms with E-state index < -0.39 is 0 Å². The summed E-state index contributed by atoms with van der Waals surface area (Å²) in [6, 6.07) is 0.129. The van der Waals surface area contributed by atoms with Crippen molar-refractivity contribution in [3.05, 3.63) is 11.6 Å². The molecule has 1 unspecified atom stereocenters. The van der Waals surface area contributed by atoms with Gasteiger partial charge in [-0.2, -0.15) is 9.97 Å². The van der Waals surface area contributed by atoms with E-state index >= 15 is 0 Å². The van der Waals surface area contributed by atoms with Crippen LogP contribution in [0.1, 0.15) is 12.8 Å². The second kappa shape index (κ2) is 4.41.